The van der Waals surface area contributed by atoms with Gasteiger partial charge in [-0.2, -0.15) is 0 Å². The molecule has 2 N–H and O–H groups in total. The number of carbonyl (C=O) groups excluding carboxylic acids is 1. The van der Waals surface area contributed by atoms with Crippen LogP contribution in [-0.2, 0) is 10.0 Å². The fourth-order valence-corrected chi connectivity index (χ4v) is 3.72. The molecule has 1 saturated heterocycles. The van der Waals surface area contributed by atoms with Crippen molar-refractivity contribution in [2.45, 2.75) is 43.7 Å². The molecule has 1 aliphatic carbocycles. The third kappa shape index (κ3) is 3.81. The van der Waals surface area contributed by atoms with Crippen LogP contribution >= 0.6 is 0 Å². The number of hydrogen-bond donors (Lipinski definition) is 2. The van der Waals surface area contributed by atoms with Crippen molar-refractivity contribution in [1.82, 2.24) is 14.9 Å². The molecule has 1 amide bonds. The molecule has 0 aromatic carbocycles. The Kier molecular flexibility index (Phi) is 4.98. The summed E-state index contributed by atoms with van der Waals surface area (Å²) in [5, 5.41) is 3.37. The predicted octanol–water partition coefficient (Wildman–Crippen LogP) is 1.10. The minimum absolute atomic E-state index is 0.158. The lowest BCUT2D eigenvalue weighted by molar-refractivity contribution is 0.0703. The molecule has 0 radical (unpaired) electrons. The number of piperidine rings is 1. The van der Waals surface area contributed by atoms with Gasteiger partial charge in [0.2, 0.25) is 5.09 Å². The summed E-state index contributed by atoms with van der Waals surface area (Å²) in [6.45, 7) is 4.07. The van der Waals surface area contributed by atoms with Gasteiger partial charge in [-0.05, 0) is 52.1 Å². The SMILES string of the molecule is CNS(=O)(=O)c1cc(C(=O)N2CCC(NCC3CC3)CC2)c(C)o1. The maximum Gasteiger partial charge on any atom is 0.273 e. The molecule has 0 spiro atoms. The number of aryl methyl sites for hydroxylation is 1. The van der Waals surface area contributed by atoms with Gasteiger partial charge < -0.3 is 14.6 Å². The highest BCUT2D eigenvalue weighted by Crippen LogP contribution is 2.28. The molecule has 8 heteroatoms. The normalized spacial score (nSPS) is 19.7. The Hall–Kier alpha value is -1.38. The summed E-state index contributed by atoms with van der Waals surface area (Å²) in [7, 11) is -2.37. The van der Waals surface area contributed by atoms with Crippen molar-refractivity contribution in [3.63, 3.8) is 0 Å². The number of nitrogens with one attached hydrogen (secondary N) is 2. The molecule has 1 aliphatic heterocycles. The molecule has 2 aliphatic rings. The van der Waals surface area contributed by atoms with Gasteiger partial charge in [-0.25, -0.2) is 13.1 Å². The summed E-state index contributed by atoms with van der Waals surface area (Å²) in [6.07, 6.45) is 4.53. The van der Waals surface area contributed by atoms with E-state index in [1.165, 1.54) is 26.0 Å². The number of rotatable bonds is 6. The topological polar surface area (TPSA) is 91.7 Å². The summed E-state index contributed by atoms with van der Waals surface area (Å²) >= 11 is 0. The number of amides is 1. The lowest BCUT2D eigenvalue weighted by Crippen LogP contribution is -2.45. The van der Waals surface area contributed by atoms with Gasteiger partial charge in [0.25, 0.3) is 15.9 Å². The van der Waals surface area contributed by atoms with Crippen molar-refractivity contribution in [3.8, 4) is 0 Å². The Balaban J connectivity index is 1.60. The molecule has 7 nitrogen and oxygen atoms in total. The molecular formula is C16H25N3O4S. The summed E-state index contributed by atoms with van der Waals surface area (Å²) in [5.74, 6) is 1.03. The average molecular weight is 355 g/mol. The molecule has 2 heterocycles. The Morgan fingerprint density at radius 2 is 1.96 bits per heavy atom. The van der Waals surface area contributed by atoms with E-state index in [0.717, 1.165) is 25.3 Å². The zero-order chi connectivity index (χ0) is 17.3. The molecule has 2 fully saturated rings. The molecule has 1 aromatic rings. The number of furan rings is 1. The standard InChI is InChI=1S/C16H25N3O4S/c1-11-14(9-15(23-11)24(21,22)17-2)16(20)19-7-5-13(6-8-19)18-10-12-3-4-12/h9,12-13,17-18H,3-8,10H2,1-2H3. The first-order valence-electron chi connectivity index (χ1n) is 8.47. The smallest absolute Gasteiger partial charge is 0.273 e. The van der Waals surface area contributed by atoms with Gasteiger partial charge in [0.15, 0.2) is 0 Å². The fraction of sp³-hybridized carbons (Fsp3) is 0.688. The van der Waals surface area contributed by atoms with E-state index in [2.05, 4.69) is 10.0 Å². The highest BCUT2D eigenvalue weighted by molar-refractivity contribution is 7.89. The van der Waals surface area contributed by atoms with Gasteiger partial charge in [0, 0.05) is 25.2 Å². The second-order valence-corrected chi connectivity index (χ2v) is 8.48. The van der Waals surface area contributed by atoms with Crippen molar-refractivity contribution in [2.75, 3.05) is 26.7 Å². The highest BCUT2D eigenvalue weighted by atomic mass is 32.2. The second-order valence-electron chi connectivity index (χ2n) is 6.66. The summed E-state index contributed by atoms with van der Waals surface area (Å²) in [4.78, 5) is 14.4. The van der Waals surface area contributed by atoms with Gasteiger partial charge >= 0.3 is 0 Å². The molecule has 1 aromatic heterocycles. The fourth-order valence-electron chi connectivity index (χ4n) is 3.01. The molecule has 134 valence electrons. The van der Waals surface area contributed by atoms with Crippen LogP contribution in [0.15, 0.2) is 15.6 Å². The molecule has 24 heavy (non-hydrogen) atoms. The Labute approximate surface area is 142 Å². The maximum atomic E-state index is 12.7. The van der Waals surface area contributed by atoms with E-state index in [-0.39, 0.29) is 11.0 Å². The van der Waals surface area contributed by atoms with E-state index in [9.17, 15) is 13.2 Å². The first-order valence-corrected chi connectivity index (χ1v) is 9.95. The lowest BCUT2D eigenvalue weighted by atomic mass is 10.0. The zero-order valence-electron chi connectivity index (χ0n) is 14.2. The van der Waals surface area contributed by atoms with Crippen LogP contribution in [0.2, 0.25) is 0 Å². The summed E-state index contributed by atoms with van der Waals surface area (Å²) in [5.41, 5.74) is 0.327. The Bertz CT molecular complexity index is 701. The van der Waals surface area contributed by atoms with Crippen molar-refractivity contribution in [2.24, 2.45) is 5.92 Å². The van der Waals surface area contributed by atoms with Crippen LogP contribution in [0, 0.1) is 12.8 Å². The number of likely N-dealkylation sites (tertiary alicyclic amines) is 1. The van der Waals surface area contributed by atoms with E-state index < -0.39 is 10.0 Å². The monoisotopic (exact) mass is 355 g/mol. The molecular weight excluding hydrogens is 330 g/mol. The first kappa shape index (κ1) is 17.4. The van der Waals surface area contributed by atoms with E-state index in [4.69, 9.17) is 4.42 Å². The van der Waals surface area contributed by atoms with Crippen molar-refractivity contribution in [1.29, 1.82) is 0 Å². The van der Waals surface area contributed by atoms with Gasteiger partial charge in [-0.1, -0.05) is 0 Å². The third-order valence-electron chi connectivity index (χ3n) is 4.83. The van der Waals surface area contributed by atoms with Gasteiger partial charge in [-0.3, -0.25) is 4.79 Å². The summed E-state index contributed by atoms with van der Waals surface area (Å²) in [6, 6.07) is 1.79. The maximum absolute atomic E-state index is 12.7. The van der Waals surface area contributed by atoms with Crippen molar-refractivity contribution >= 4 is 15.9 Å². The zero-order valence-corrected chi connectivity index (χ0v) is 15.0. The van der Waals surface area contributed by atoms with Crippen molar-refractivity contribution < 1.29 is 17.6 Å². The average Bonchev–Trinajstić information content (AvgIpc) is 3.33. The minimum Gasteiger partial charge on any atom is -0.448 e. The summed E-state index contributed by atoms with van der Waals surface area (Å²) < 4.78 is 31.1. The molecule has 3 rings (SSSR count). The second kappa shape index (κ2) is 6.85. The first-order chi connectivity index (χ1) is 11.4. The molecule has 1 saturated carbocycles. The van der Waals surface area contributed by atoms with Crippen LogP contribution in [0.3, 0.4) is 0 Å². The highest BCUT2D eigenvalue weighted by Gasteiger charge is 2.29. The van der Waals surface area contributed by atoms with E-state index >= 15 is 0 Å². The number of nitrogens with zero attached hydrogens (tertiary/aromatic N) is 1. The van der Waals surface area contributed by atoms with E-state index in [0.29, 0.717) is 30.5 Å². The Morgan fingerprint density at radius 1 is 1.29 bits per heavy atom. The van der Waals surface area contributed by atoms with Gasteiger partial charge in [0.1, 0.15) is 5.76 Å². The lowest BCUT2D eigenvalue weighted by Gasteiger charge is -2.32. The quantitative estimate of drug-likeness (QED) is 0.797. The molecule has 0 unspecified atom stereocenters. The van der Waals surface area contributed by atoms with Crippen molar-refractivity contribution in [3.05, 3.63) is 17.4 Å². The van der Waals surface area contributed by atoms with Gasteiger partial charge in [0.05, 0.1) is 5.56 Å². The van der Waals surface area contributed by atoms with Crippen LogP contribution in [0.25, 0.3) is 0 Å². The molecule has 0 bridgehead atoms. The van der Waals surface area contributed by atoms with Gasteiger partial charge in [-0.15, -0.1) is 0 Å². The molecule has 0 atom stereocenters. The van der Waals surface area contributed by atoms with E-state index in [1.54, 1.807) is 11.8 Å². The third-order valence-corrected chi connectivity index (χ3v) is 6.10. The van der Waals surface area contributed by atoms with Crippen LogP contribution in [0.5, 0.6) is 0 Å². The minimum atomic E-state index is -3.68. The largest absolute Gasteiger partial charge is 0.448 e. The van der Waals surface area contributed by atoms with Crippen LogP contribution in [-0.4, -0.2) is 51.9 Å². The number of hydrogen-bond acceptors (Lipinski definition) is 5. The Morgan fingerprint density at radius 3 is 2.54 bits per heavy atom. The van der Waals surface area contributed by atoms with E-state index in [1.807, 2.05) is 0 Å². The van der Waals surface area contributed by atoms with Crippen LogP contribution < -0.4 is 10.0 Å². The predicted molar refractivity (Wildman–Crippen MR) is 89.3 cm³/mol. The van der Waals surface area contributed by atoms with Crippen LogP contribution in [0.1, 0.15) is 41.8 Å². The number of sulfonamides is 1. The van der Waals surface area contributed by atoms with Crippen LogP contribution in [0.4, 0.5) is 0 Å². The number of carbonyl (C=O) groups is 1.